The Hall–Kier alpha value is -1.76. The molecule has 0 aromatic carbocycles. The predicted molar refractivity (Wildman–Crippen MR) is 50.6 cm³/mol. The SMILES string of the molecule is CC(CCC#N)(C(=O)O)n1cccc1. The average Bonchev–Trinajstić information content (AvgIpc) is 2.66. The highest BCUT2D eigenvalue weighted by molar-refractivity contribution is 5.76. The zero-order chi connectivity index (χ0) is 10.6. The Morgan fingerprint density at radius 1 is 1.57 bits per heavy atom. The molecule has 4 nitrogen and oxygen atoms in total. The third-order valence-electron chi connectivity index (χ3n) is 2.36. The first-order valence-corrected chi connectivity index (χ1v) is 4.35. The van der Waals surface area contributed by atoms with Crippen LogP contribution in [-0.2, 0) is 10.3 Å². The van der Waals surface area contributed by atoms with Crippen LogP contribution in [0.2, 0.25) is 0 Å². The van der Waals surface area contributed by atoms with Crippen molar-refractivity contribution in [1.82, 2.24) is 4.57 Å². The lowest BCUT2D eigenvalue weighted by Crippen LogP contribution is -2.38. The minimum atomic E-state index is -1.01. The molecule has 0 saturated heterocycles. The molecule has 1 atom stereocenters. The van der Waals surface area contributed by atoms with Crippen molar-refractivity contribution >= 4 is 5.97 Å². The Labute approximate surface area is 82.4 Å². The molecular weight excluding hydrogens is 180 g/mol. The van der Waals surface area contributed by atoms with Crippen LogP contribution in [0, 0.1) is 11.3 Å². The molecule has 0 bridgehead atoms. The standard InChI is InChI=1S/C10H12N2O2/c1-10(9(13)14,5-4-6-11)12-7-2-3-8-12/h2-3,7-8H,4-5H2,1H3,(H,13,14). The van der Waals surface area contributed by atoms with Crippen LogP contribution in [0.25, 0.3) is 0 Å². The number of carboxylic acid groups (broad SMARTS) is 1. The Balaban J connectivity index is 2.94. The van der Waals surface area contributed by atoms with Gasteiger partial charge < -0.3 is 9.67 Å². The number of nitrogens with zero attached hydrogens (tertiary/aromatic N) is 2. The summed E-state index contributed by atoms with van der Waals surface area (Å²) < 4.78 is 1.62. The number of aliphatic carboxylic acids is 1. The molecule has 1 N–H and O–H groups in total. The molecule has 0 saturated carbocycles. The van der Waals surface area contributed by atoms with Crippen LogP contribution in [0.4, 0.5) is 0 Å². The predicted octanol–water partition coefficient (Wildman–Crippen LogP) is 1.59. The van der Waals surface area contributed by atoms with Crippen molar-refractivity contribution in [3.05, 3.63) is 24.5 Å². The molecule has 1 aromatic rings. The van der Waals surface area contributed by atoms with E-state index in [1.54, 1.807) is 36.0 Å². The third-order valence-corrected chi connectivity index (χ3v) is 2.36. The fourth-order valence-electron chi connectivity index (χ4n) is 1.31. The van der Waals surface area contributed by atoms with Gasteiger partial charge in [0.05, 0.1) is 6.07 Å². The van der Waals surface area contributed by atoms with Gasteiger partial charge in [-0.05, 0) is 25.5 Å². The van der Waals surface area contributed by atoms with Crippen molar-refractivity contribution in [1.29, 1.82) is 5.26 Å². The number of aromatic nitrogens is 1. The van der Waals surface area contributed by atoms with Gasteiger partial charge in [0.25, 0.3) is 0 Å². The van der Waals surface area contributed by atoms with Crippen molar-refractivity contribution in [2.75, 3.05) is 0 Å². The van der Waals surface area contributed by atoms with Gasteiger partial charge in [-0.15, -0.1) is 0 Å². The van der Waals surface area contributed by atoms with Crippen molar-refractivity contribution in [2.24, 2.45) is 0 Å². The van der Waals surface area contributed by atoms with Gasteiger partial charge in [-0.2, -0.15) is 5.26 Å². The van der Waals surface area contributed by atoms with Crippen molar-refractivity contribution < 1.29 is 9.90 Å². The summed E-state index contributed by atoms with van der Waals surface area (Å²) >= 11 is 0. The van der Waals surface area contributed by atoms with E-state index in [0.717, 1.165) is 0 Å². The minimum absolute atomic E-state index is 0.237. The zero-order valence-corrected chi connectivity index (χ0v) is 7.97. The fourth-order valence-corrected chi connectivity index (χ4v) is 1.31. The lowest BCUT2D eigenvalue weighted by atomic mass is 9.96. The van der Waals surface area contributed by atoms with Crippen molar-refractivity contribution in [2.45, 2.75) is 25.3 Å². The second-order valence-corrected chi connectivity index (χ2v) is 3.33. The molecule has 1 aromatic heterocycles. The molecule has 1 rings (SSSR count). The van der Waals surface area contributed by atoms with Gasteiger partial charge in [0.2, 0.25) is 0 Å². The monoisotopic (exact) mass is 192 g/mol. The third kappa shape index (κ3) is 1.77. The highest BCUT2D eigenvalue weighted by Gasteiger charge is 2.33. The molecule has 1 heterocycles. The molecule has 0 aliphatic heterocycles. The highest BCUT2D eigenvalue weighted by Crippen LogP contribution is 2.22. The van der Waals surface area contributed by atoms with Crippen LogP contribution in [0.15, 0.2) is 24.5 Å². The molecule has 74 valence electrons. The Bertz CT molecular complexity index is 351. The van der Waals surface area contributed by atoms with E-state index in [1.807, 2.05) is 6.07 Å². The van der Waals surface area contributed by atoms with Crippen LogP contribution in [0.3, 0.4) is 0 Å². The Morgan fingerprint density at radius 3 is 2.57 bits per heavy atom. The van der Waals surface area contributed by atoms with Gasteiger partial charge in [0.15, 0.2) is 0 Å². The number of hydrogen-bond acceptors (Lipinski definition) is 2. The number of rotatable bonds is 4. The summed E-state index contributed by atoms with van der Waals surface area (Å²) in [5, 5.41) is 17.6. The van der Waals surface area contributed by atoms with Crippen LogP contribution < -0.4 is 0 Å². The van der Waals surface area contributed by atoms with E-state index < -0.39 is 11.5 Å². The largest absolute Gasteiger partial charge is 0.479 e. The first-order chi connectivity index (χ1) is 6.61. The van der Waals surface area contributed by atoms with Gasteiger partial charge in [0.1, 0.15) is 5.54 Å². The van der Waals surface area contributed by atoms with Gasteiger partial charge in [0, 0.05) is 18.8 Å². The number of carboxylic acids is 1. The van der Waals surface area contributed by atoms with Gasteiger partial charge >= 0.3 is 5.97 Å². The van der Waals surface area contributed by atoms with E-state index in [1.165, 1.54) is 0 Å². The van der Waals surface area contributed by atoms with Crippen molar-refractivity contribution in [3.8, 4) is 6.07 Å². The number of nitriles is 1. The van der Waals surface area contributed by atoms with Gasteiger partial charge in [-0.3, -0.25) is 0 Å². The van der Waals surface area contributed by atoms with E-state index >= 15 is 0 Å². The lowest BCUT2D eigenvalue weighted by molar-refractivity contribution is -0.147. The van der Waals surface area contributed by atoms with Crippen LogP contribution in [-0.4, -0.2) is 15.6 Å². The minimum Gasteiger partial charge on any atom is -0.479 e. The summed E-state index contributed by atoms with van der Waals surface area (Å²) in [7, 11) is 0. The van der Waals surface area contributed by atoms with E-state index in [9.17, 15) is 4.79 Å². The fraction of sp³-hybridized carbons (Fsp3) is 0.400. The normalized spacial score (nSPS) is 14.3. The lowest BCUT2D eigenvalue weighted by Gasteiger charge is -2.25. The van der Waals surface area contributed by atoms with E-state index in [-0.39, 0.29) is 6.42 Å². The second-order valence-electron chi connectivity index (χ2n) is 3.33. The molecule has 14 heavy (non-hydrogen) atoms. The summed E-state index contributed by atoms with van der Waals surface area (Å²) in [6.45, 7) is 1.62. The molecule has 0 spiro atoms. The maximum Gasteiger partial charge on any atom is 0.329 e. The quantitative estimate of drug-likeness (QED) is 0.787. The first-order valence-electron chi connectivity index (χ1n) is 4.35. The van der Waals surface area contributed by atoms with Crippen molar-refractivity contribution in [3.63, 3.8) is 0 Å². The second kappa shape index (κ2) is 3.97. The topological polar surface area (TPSA) is 66.0 Å². The average molecular weight is 192 g/mol. The van der Waals surface area contributed by atoms with Gasteiger partial charge in [-0.25, -0.2) is 4.79 Å². The summed E-state index contributed by atoms with van der Waals surface area (Å²) in [5.74, 6) is -0.913. The van der Waals surface area contributed by atoms with Crippen LogP contribution >= 0.6 is 0 Å². The summed E-state index contributed by atoms with van der Waals surface area (Å²) in [6, 6.07) is 5.51. The number of carbonyl (C=O) groups is 1. The first kappa shape index (κ1) is 10.3. The molecule has 0 amide bonds. The molecule has 0 fully saturated rings. The van der Waals surface area contributed by atoms with E-state index in [4.69, 9.17) is 10.4 Å². The zero-order valence-electron chi connectivity index (χ0n) is 7.97. The summed E-state index contributed by atoms with van der Waals surface area (Å²) in [4.78, 5) is 11.1. The summed E-state index contributed by atoms with van der Waals surface area (Å²) in [5.41, 5.74) is -1.01. The highest BCUT2D eigenvalue weighted by atomic mass is 16.4. The smallest absolute Gasteiger partial charge is 0.329 e. The Kier molecular flexibility index (Phi) is 2.92. The molecule has 4 heteroatoms. The molecule has 0 aliphatic carbocycles. The number of hydrogen-bond donors (Lipinski definition) is 1. The molecule has 0 aliphatic rings. The van der Waals surface area contributed by atoms with Crippen LogP contribution in [0.5, 0.6) is 0 Å². The molecular formula is C10H12N2O2. The maximum atomic E-state index is 11.1. The molecule has 0 radical (unpaired) electrons. The Morgan fingerprint density at radius 2 is 2.14 bits per heavy atom. The van der Waals surface area contributed by atoms with E-state index in [0.29, 0.717) is 6.42 Å². The van der Waals surface area contributed by atoms with Crippen LogP contribution in [0.1, 0.15) is 19.8 Å². The maximum absolute atomic E-state index is 11.1. The van der Waals surface area contributed by atoms with Gasteiger partial charge in [-0.1, -0.05) is 0 Å². The van der Waals surface area contributed by atoms with E-state index in [2.05, 4.69) is 0 Å². The summed E-state index contributed by atoms with van der Waals surface area (Å²) in [6.07, 6.45) is 3.95. The molecule has 1 unspecified atom stereocenters.